The van der Waals surface area contributed by atoms with Gasteiger partial charge >= 0.3 is 0 Å². The highest BCUT2D eigenvalue weighted by molar-refractivity contribution is 5.95. The Bertz CT molecular complexity index is 5870. The van der Waals surface area contributed by atoms with E-state index < -0.39 is 0 Å². The van der Waals surface area contributed by atoms with Crippen LogP contribution in [0.4, 0.5) is 17.5 Å². The number of pyridine rings is 6. The van der Waals surface area contributed by atoms with Gasteiger partial charge in [0.15, 0.2) is 0 Å². The lowest BCUT2D eigenvalue weighted by Gasteiger charge is -2.60. The molecule has 8 aliphatic carbocycles. The van der Waals surface area contributed by atoms with Gasteiger partial charge in [0.2, 0.25) is 0 Å². The van der Waals surface area contributed by atoms with Gasteiger partial charge in [-0.15, -0.1) is 19.3 Å². The summed E-state index contributed by atoms with van der Waals surface area (Å²) in [5.74, 6) is 10.5. The van der Waals surface area contributed by atoms with E-state index in [0.29, 0.717) is 70.3 Å². The molecule has 0 saturated heterocycles. The van der Waals surface area contributed by atoms with Gasteiger partial charge in [0.25, 0.3) is 17.7 Å². The normalized spacial score (nSPS) is 23.5. The molecule has 0 radical (unpaired) electrons. The first-order chi connectivity index (χ1) is 53.7. The molecular weight excluding hydrogens is 1390 g/mol. The maximum Gasteiger partial charge on any atom is 0.296 e. The number of aromatic nitrogens is 15. The Morgan fingerprint density at radius 2 is 0.811 bits per heavy atom. The van der Waals surface area contributed by atoms with Crippen LogP contribution in [-0.4, -0.2) is 126 Å². The average Bonchev–Trinajstić information content (AvgIpc) is 0.874. The Kier molecular flexibility index (Phi) is 18.7. The SMILES string of the molecule is C#CC(=O)NC1(C)C2CC(Nc3ccc(-c4cc(-c5cnn(C)c5)cn5ncc(C#N)c45)cn3)CC1C2.C#CC(=O)NC1(C)CC2CC(C1)C2Nc1ccc(-c2cc(-c3cnn(C)c3)cn3ncc(C#N)c23)cn1.C#CC(=O)NC1C2CCC1CC(Nc1ccc(-c3cc(-c4cnn(C)c4)cn4ncc(C#N)c34)cn1)C2. The molecular formula is C84H78N24O3. The van der Waals surface area contributed by atoms with Crippen LogP contribution >= 0.6 is 0 Å². The highest BCUT2D eigenvalue weighted by Crippen LogP contribution is 2.54. The zero-order valence-corrected chi connectivity index (χ0v) is 61.7. The number of nitrogens with one attached hydrogen (secondary N) is 6. The average molecular weight is 1470 g/mol. The summed E-state index contributed by atoms with van der Waals surface area (Å²) >= 11 is 0. The van der Waals surface area contributed by atoms with Gasteiger partial charge < -0.3 is 31.9 Å². The maximum atomic E-state index is 11.8. The molecule has 8 saturated carbocycles. The molecule has 6 bridgehead atoms. The zero-order chi connectivity index (χ0) is 77.0. The summed E-state index contributed by atoms with van der Waals surface area (Å²) in [7, 11) is 5.64. The summed E-state index contributed by atoms with van der Waals surface area (Å²) in [6.45, 7) is 4.19. The number of carbonyl (C=O) groups excluding carboxylic acids is 3. The van der Waals surface area contributed by atoms with Crippen LogP contribution in [0.25, 0.3) is 83.3 Å². The van der Waals surface area contributed by atoms with Crippen molar-refractivity contribution in [2.75, 3.05) is 16.0 Å². The van der Waals surface area contributed by atoms with Crippen molar-refractivity contribution >= 4 is 51.7 Å². The van der Waals surface area contributed by atoms with E-state index in [2.05, 4.69) is 131 Å². The molecule has 3 amide bonds. The van der Waals surface area contributed by atoms with Gasteiger partial charge in [-0.2, -0.15) is 46.4 Å². The highest BCUT2D eigenvalue weighted by Gasteiger charge is 2.57. The number of terminal acetylenes is 3. The molecule has 27 heteroatoms. The molecule has 0 aliphatic heterocycles. The van der Waals surface area contributed by atoms with Gasteiger partial charge in [0.1, 0.15) is 35.7 Å². The molecule has 6 N–H and O–H groups in total. The molecule has 20 rings (SSSR count). The van der Waals surface area contributed by atoms with E-state index in [1.54, 1.807) is 46.2 Å². The van der Waals surface area contributed by atoms with Crippen LogP contribution < -0.4 is 31.9 Å². The predicted molar refractivity (Wildman–Crippen MR) is 417 cm³/mol. The molecule has 12 aromatic heterocycles. The fourth-order valence-electron chi connectivity index (χ4n) is 18.3. The molecule has 552 valence electrons. The van der Waals surface area contributed by atoms with E-state index in [1.165, 1.54) is 0 Å². The molecule has 27 nitrogen and oxygen atoms in total. The van der Waals surface area contributed by atoms with Gasteiger partial charge in [-0.25, -0.2) is 28.5 Å². The molecule has 111 heavy (non-hydrogen) atoms. The number of nitrogens with zero attached hydrogens (tertiary/aromatic N) is 18. The summed E-state index contributed by atoms with van der Waals surface area (Å²) < 4.78 is 10.5. The minimum atomic E-state index is -0.343. The third kappa shape index (κ3) is 13.9. The first-order valence-electron chi connectivity index (χ1n) is 37.0. The van der Waals surface area contributed by atoms with Crippen molar-refractivity contribution in [2.45, 2.75) is 113 Å². The topological polar surface area (TPSA) is 339 Å². The smallest absolute Gasteiger partial charge is 0.296 e. The first kappa shape index (κ1) is 71.4. The fraction of sp³-hybridized carbons (Fsp3) is 0.321. The number of aryl methyl sites for hydroxylation is 3. The van der Waals surface area contributed by atoms with Crippen molar-refractivity contribution in [3.05, 3.63) is 164 Å². The first-order valence-corrected chi connectivity index (χ1v) is 37.0. The number of amides is 3. The van der Waals surface area contributed by atoms with Crippen LogP contribution in [0.1, 0.15) is 94.7 Å². The Balaban J connectivity index is 0.000000126. The molecule has 8 aliphatic rings. The van der Waals surface area contributed by atoms with Gasteiger partial charge in [-0.1, -0.05) is 0 Å². The van der Waals surface area contributed by atoms with Crippen LogP contribution in [0.3, 0.4) is 0 Å². The number of anilines is 3. The number of hydrogen-bond donors (Lipinski definition) is 6. The fourth-order valence-corrected chi connectivity index (χ4v) is 18.3. The van der Waals surface area contributed by atoms with Crippen molar-refractivity contribution in [1.82, 2.24) is 89.1 Å². The molecule has 12 heterocycles. The largest absolute Gasteiger partial charge is 0.367 e. The van der Waals surface area contributed by atoms with Crippen molar-refractivity contribution in [3.8, 4) is 122 Å². The van der Waals surface area contributed by atoms with E-state index in [9.17, 15) is 30.2 Å². The van der Waals surface area contributed by atoms with Gasteiger partial charge in [0, 0.05) is 179 Å². The van der Waals surface area contributed by atoms with Crippen LogP contribution in [0, 0.1) is 107 Å². The quantitative estimate of drug-likeness (QED) is 0.0520. The van der Waals surface area contributed by atoms with E-state index >= 15 is 0 Å². The molecule has 0 spiro atoms. The van der Waals surface area contributed by atoms with E-state index in [0.717, 1.165) is 165 Å². The van der Waals surface area contributed by atoms with E-state index in [4.69, 9.17) is 34.2 Å². The lowest BCUT2D eigenvalue weighted by Crippen LogP contribution is -2.68. The van der Waals surface area contributed by atoms with Gasteiger partial charge in [-0.05, 0) is 186 Å². The second-order valence-corrected chi connectivity index (χ2v) is 30.7. The van der Waals surface area contributed by atoms with Crippen molar-refractivity contribution in [1.29, 1.82) is 15.8 Å². The zero-order valence-electron chi connectivity index (χ0n) is 61.7. The standard InChI is InChI=1S/3C28H26N8O/c1-4-26(37)34-28(2)21-8-22(28)10-23(9-21)33-25-6-5-17(12-30-25)24-7-18(20-14-31-35(3)15-20)16-36-27(24)19(11-29)13-32-36;1-4-25(37)34-28(2)9-18-7-19(10-28)26(18)33-24-6-5-17(12-30-24)23-8-20(22-14-31-35(3)15-22)16-36-27(23)21(11-29)13-32-36;1-3-26(37)34-27-17-4-5-18(27)9-23(8-17)33-25-7-6-19(12-30-25)24-10-20(22-14-31-35(2)15-22)16-36-28(24)21(11-29)13-32-36/h1,5-7,12-16,21-23H,8-10H2,2-3H3,(H,30,33)(H,34,37);1,5-6,8,12-16,18-19,26H,7,9-10H2,2-3H3,(H,30,33)(H,34,37);1,6-7,10,12-18,23,27H,4-5,8-9H2,2H3,(H,30,33)(H,34,37). The number of hydrogen-bond acceptors (Lipinski definition) is 18. The third-order valence-corrected chi connectivity index (χ3v) is 23.6. The van der Waals surface area contributed by atoms with Crippen LogP contribution in [0.2, 0.25) is 0 Å². The second-order valence-electron chi connectivity index (χ2n) is 30.7. The van der Waals surface area contributed by atoms with Crippen molar-refractivity contribution in [3.63, 3.8) is 0 Å². The summed E-state index contributed by atoms with van der Waals surface area (Å²) in [5, 5.41) is 74.9. The molecule has 6 unspecified atom stereocenters. The molecule has 12 aromatic rings. The number of rotatable bonds is 15. The van der Waals surface area contributed by atoms with Crippen molar-refractivity contribution in [2.24, 2.45) is 56.7 Å². The Labute approximate surface area is 639 Å². The Hall–Kier alpha value is -13.9. The summed E-state index contributed by atoms with van der Waals surface area (Å²) in [5.41, 5.74) is 14.4. The predicted octanol–water partition coefficient (Wildman–Crippen LogP) is 10.2. The summed E-state index contributed by atoms with van der Waals surface area (Å²) in [6, 6.07) is 26.0. The third-order valence-electron chi connectivity index (χ3n) is 23.6. The Morgan fingerprint density at radius 1 is 0.423 bits per heavy atom. The second kappa shape index (κ2) is 29.0. The number of fused-ring (bicyclic) bond motifs is 9. The summed E-state index contributed by atoms with van der Waals surface area (Å²) in [6.07, 6.45) is 53.2. The minimum Gasteiger partial charge on any atom is -0.367 e. The maximum absolute atomic E-state index is 11.8. The number of nitriles is 3. The minimum absolute atomic E-state index is 0.177. The monoisotopic (exact) mass is 1470 g/mol. The van der Waals surface area contributed by atoms with Crippen molar-refractivity contribution < 1.29 is 14.4 Å². The van der Waals surface area contributed by atoms with E-state index in [-0.39, 0.29) is 34.8 Å². The molecule has 6 atom stereocenters. The van der Waals surface area contributed by atoms with Crippen LogP contribution in [0.15, 0.2) is 148 Å². The molecule has 0 aromatic carbocycles. The van der Waals surface area contributed by atoms with Crippen LogP contribution in [0.5, 0.6) is 0 Å². The molecule has 8 fully saturated rings. The number of carbonyl (C=O) groups is 3. The lowest BCUT2D eigenvalue weighted by molar-refractivity contribution is -0.124. The Morgan fingerprint density at radius 3 is 1.17 bits per heavy atom. The summed E-state index contributed by atoms with van der Waals surface area (Å²) in [4.78, 5) is 49.4. The van der Waals surface area contributed by atoms with E-state index in [1.807, 2.05) is 132 Å². The van der Waals surface area contributed by atoms with Gasteiger partial charge in [-0.3, -0.25) is 28.4 Å². The van der Waals surface area contributed by atoms with Gasteiger partial charge in [0.05, 0.1) is 70.4 Å². The lowest BCUT2D eigenvalue weighted by atomic mass is 9.51. The van der Waals surface area contributed by atoms with Crippen LogP contribution in [-0.2, 0) is 35.5 Å². The highest BCUT2D eigenvalue weighted by atomic mass is 16.2.